The van der Waals surface area contributed by atoms with Gasteiger partial charge in [0.25, 0.3) is 11.8 Å². The van der Waals surface area contributed by atoms with Crippen molar-refractivity contribution < 1.29 is 71.6 Å². The third-order valence-electron chi connectivity index (χ3n) is 17.5. The van der Waals surface area contributed by atoms with Gasteiger partial charge in [-0.15, -0.1) is 0 Å². The molecule has 0 spiro atoms. The number of methoxy groups -OCH3 is 2. The molecular weight excluding hydrogens is 1140 g/mol. The normalized spacial score (nSPS) is 25.7. The van der Waals surface area contributed by atoms with Gasteiger partial charge in [-0.1, -0.05) is 54.6 Å². The Kier molecular flexibility index (Phi) is 24.0. The molecule has 3 heterocycles. The number of carbonyl (C=O) groups excluding carboxylic acids is 9. The van der Waals surface area contributed by atoms with E-state index in [0.29, 0.717) is 61.2 Å². The first-order chi connectivity index (χ1) is 42.3. The number of piperidine rings is 1. The predicted octanol–water partition coefficient (Wildman–Crippen LogP) is 7.52. The van der Waals surface area contributed by atoms with Crippen LogP contribution in [0.1, 0.15) is 147 Å². The number of esters is 2. The van der Waals surface area contributed by atoms with Gasteiger partial charge in [-0.3, -0.25) is 33.6 Å². The van der Waals surface area contributed by atoms with E-state index in [4.69, 9.17) is 28.4 Å². The van der Waals surface area contributed by atoms with Crippen molar-refractivity contribution in [1.29, 1.82) is 0 Å². The highest BCUT2D eigenvalue weighted by atomic mass is 16.5. The number of ketones is 1. The van der Waals surface area contributed by atoms with Crippen LogP contribution in [0.5, 0.6) is 17.2 Å². The molecule has 21 nitrogen and oxygen atoms in total. The monoisotopic (exact) mass is 1230 g/mol. The van der Waals surface area contributed by atoms with Crippen LogP contribution >= 0.6 is 0 Å². The highest BCUT2D eigenvalue weighted by molar-refractivity contribution is 6.38. The van der Waals surface area contributed by atoms with Crippen molar-refractivity contribution in [1.82, 2.24) is 29.8 Å². The third kappa shape index (κ3) is 18.2. The van der Waals surface area contributed by atoms with Crippen molar-refractivity contribution in [2.75, 3.05) is 68.2 Å². The molecule has 1 unspecified atom stereocenters. The Morgan fingerprint density at radius 1 is 0.685 bits per heavy atom. The van der Waals surface area contributed by atoms with Crippen LogP contribution in [0.3, 0.4) is 0 Å². The first-order valence-electron chi connectivity index (χ1n) is 31.2. The molecule has 1 aliphatic carbocycles. The van der Waals surface area contributed by atoms with E-state index in [9.17, 15) is 33.6 Å². The summed E-state index contributed by atoms with van der Waals surface area (Å²) in [7, 11) is 7.70. The number of hydrogen-bond donors (Lipinski definition) is 1. The number of benzene rings is 3. The minimum Gasteiger partial charge on any atom is -0.493 e. The van der Waals surface area contributed by atoms with E-state index in [0.717, 1.165) is 31.2 Å². The molecule has 6 amide bonds. The van der Waals surface area contributed by atoms with Gasteiger partial charge in [0.05, 0.1) is 31.3 Å². The van der Waals surface area contributed by atoms with Crippen molar-refractivity contribution in [3.05, 3.63) is 102 Å². The third-order valence-corrected chi connectivity index (χ3v) is 17.5. The second-order valence-corrected chi connectivity index (χ2v) is 25.6. The summed E-state index contributed by atoms with van der Waals surface area (Å²) in [6, 6.07) is 15.5. The fourth-order valence-electron chi connectivity index (χ4n) is 12.1. The zero-order chi connectivity index (χ0) is 64.7. The van der Waals surface area contributed by atoms with Crippen LogP contribution in [0, 0.1) is 11.3 Å². The number of Topliss-reactive ketones (excluding diaryl/α,β-unsaturated/α-hetero) is 1. The van der Waals surface area contributed by atoms with E-state index in [1.54, 1.807) is 85.7 Å². The van der Waals surface area contributed by atoms with E-state index >= 15 is 9.59 Å². The Labute approximate surface area is 524 Å². The van der Waals surface area contributed by atoms with Crippen LogP contribution in [0.15, 0.2) is 84.9 Å². The molecule has 2 bridgehead atoms. The van der Waals surface area contributed by atoms with Gasteiger partial charge in [0.2, 0.25) is 29.4 Å². The van der Waals surface area contributed by atoms with Gasteiger partial charge >= 0.3 is 11.9 Å². The predicted molar refractivity (Wildman–Crippen MR) is 331 cm³/mol. The fourth-order valence-corrected chi connectivity index (χ4v) is 12.1. The van der Waals surface area contributed by atoms with Gasteiger partial charge in [0.1, 0.15) is 48.7 Å². The molecule has 0 radical (unpaired) electrons. The molecule has 7 rings (SSSR count). The number of rotatable bonds is 9. The van der Waals surface area contributed by atoms with Gasteiger partial charge in [-0.25, -0.2) is 9.59 Å². The van der Waals surface area contributed by atoms with E-state index in [-0.39, 0.29) is 74.1 Å². The average Bonchev–Trinajstić information content (AvgIpc) is 2.22. The maximum atomic E-state index is 15.3. The van der Waals surface area contributed by atoms with Gasteiger partial charge < -0.3 is 58.2 Å². The number of ether oxygens (including phenoxy) is 6. The molecule has 484 valence electrons. The van der Waals surface area contributed by atoms with Crippen LogP contribution in [-0.2, 0) is 63.8 Å². The second kappa shape index (κ2) is 31.1. The molecule has 89 heavy (non-hydrogen) atoms. The van der Waals surface area contributed by atoms with Crippen LogP contribution < -0.4 is 19.5 Å². The molecule has 3 aliphatic heterocycles. The lowest BCUT2D eigenvalue weighted by molar-refractivity contribution is -0.165. The number of carbonyl (C=O) groups is 9. The van der Waals surface area contributed by atoms with Gasteiger partial charge in [0, 0.05) is 46.9 Å². The molecule has 1 N–H and O–H groups in total. The minimum atomic E-state index is -1.49. The van der Waals surface area contributed by atoms with Crippen molar-refractivity contribution in [2.24, 2.45) is 11.3 Å². The Morgan fingerprint density at radius 3 is 2.07 bits per heavy atom. The molecule has 3 fully saturated rings. The molecule has 4 aliphatic rings. The van der Waals surface area contributed by atoms with Crippen LogP contribution in [-0.4, -0.2) is 182 Å². The Hall–Kier alpha value is -7.81. The average molecular weight is 1230 g/mol. The Balaban J connectivity index is 1.19. The number of likely N-dealkylation sites (N-methyl/N-ethyl adjacent to an activating group) is 3. The molecule has 2 saturated heterocycles. The lowest BCUT2D eigenvalue weighted by Crippen LogP contribution is -2.56. The van der Waals surface area contributed by atoms with Crippen LogP contribution in [0.25, 0.3) is 0 Å². The number of aryl methyl sites for hydroxylation is 1. The summed E-state index contributed by atoms with van der Waals surface area (Å²) in [5.41, 5.74) is -0.0285. The highest BCUT2D eigenvalue weighted by Gasteiger charge is 2.45. The van der Waals surface area contributed by atoms with Crippen molar-refractivity contribution in [3.63, 3.8) is 0 Å². The molecule has 3 aromatic rings. The zero-order valence-corrected chi connectivity index (χ0v) is 53.8. The number of hydrogen-bond acceptors (Lipinski definition) is 15. The second-order valence-electron chi connectivity index (χ2n) is 25.6. The summed E-state index contributed by atoms with van der Waals surface area (Å²) in [5.74, 6) is -4.44. The number of cyclic esters (lactones) is 2. The SMILES string of the molecule is COc1ccc(CC[C@H]2OC(=O)[C@@H]3CCCCN3C(=O)C(=O)C(C)(C)COC(=O)C=CCCN(C)C(=O)[C@@H]3CCCN3C(=O)[C@H](CC3CCC(OC(C)(C)C)CC3)N(C)C(=O)C(c3ccccc3)NC(=O)[C@H](C)N(C)C(=O)COc3cccc2c3)cc1OC. The lowest BCUT2D eigenvalue weighted by Gasteiger charge is -2.39. The van der Waals surface area contributed by atoms with Gasteiger partial charge in [0.15, 0.2) is 18.1 Å². The molecule has 0 aromatic heterocycles. The molecular formula is C68H92N6O15. The van der Waals surface area contributed by atoms with Gasteiger partial charge in [-0.05, 0) is 172 Å². The number of nitrogens with zero attached hydrogens (tertiary/aromatic N) is 5. The maximum absolute atomic E-state index is 15.3. The van der Waals surface area contributed by atoms with E-state index in [1.165, 1.54) is 67.7 Å². The van der Waals surface area contributed by atoms with Crippen molar-refractivity contribution in [2.45, 2.75) is 173 Å². The largest absolute Gasteiger partial charge is 0.493 e. The Morgan fingerprint density at radius 2 is 1.37 bits per heavy atom. The summed E-state index contributed by atoms with van der Waals surface area (Å²) in [4.78, 5) is 136. The quantitative estimate of drug-likeness (QED) is 0.161. The van der Waals surface area contributed by atoms with Gasteiger partial charge in [-0.2, -0.15) is 0 Å². The fraction of sp³-hybridized carbons (Fsp3) is 0.574. The summed E-state index contributed by atoms with van der Waals surface area (Å²) in [6.45, 7) is 10.2. The number of fused-ring (bicyclic) bond motifs is 4. The lowest BCUT2D eigenvalue weighted by atomic mass is 9.82. The summed E-state index contributed by atoms with van der Waals surface area (Å²) >= 11 is 0. The molecule has 21 heteroatoms. The Bertz CT molecular complexity index is 3030. The van der Waals surface area contributed by atoms with Crippen LogP contribution in [0.2, 0.25) is 0 Å². The van der Waals surface area contributed by atoms with E-state index in [1.807, 2.05) is 32.9 Å². The van der Waals surface area contributed by atoms with E-state index in [2.05, 4.69) is 5.32 Å². The molecule has 6 atom stereocenters. The van der Waals surface area contributed by atoms with Crippen LogP contribution in [0.4, 0.5) is 0 Å². The summed E-state index contributed by atoms with van der Waals surface area (Å²) in [6.07, 6.45) is 8.32. The van der Waals surface area contributed by atoms with Crippen molar-refractivity contribution in [3.8, 4) is 17.2 Å². The number of nitrogens with one attached hydrogen (secondary N) is 1. The molecule has 3 aromatic carbocycles. The summed E-state index contributed by atoms with van der Waals surface area (Å²) < 4.78 is 35.3. The first kappa shape index (κ1) is 68.7. The maximum Gasteiger partial charge on any atom is 0.330 e. The van der Waals surface area contributed by atoms with Crippen molar-refractivity contribution >= 4 is 53.2 Å². The number of amides is 6. The minimum absolute atomic E-state index is 0.0300. The standard InChI is InChI=1S/C68H92N6O15/c1-44-61(78)69-59(47-21-13-12-14-22-47)64(81)72(9)53(39-45-28-32-49(33-29-45)89-67(2,3)4)63(80)73-38-20-26-51(73)62(79)70(7)36-17-16-27-58(76)87-43-68(5,6)60(77)65(82)74-37-18-15-25-52(74)66(83)88-54(34-30-46-31-35-55(84-10)56(40-46)85-11)48-23-19-24-50(41-48)86-42-57(75)71(44)8/h12-14,16,19,21-24,27,31,35,40-41,44-45,49,51-54,59H,15,17-18,20,25-26,28-30,32-34,36-39,42-43H2,1-11H3,(H,69,78)/t44-,45?,49?,51-,52-,53-,54+,59?/m0/s1. The summed E-state index contributed by atoms with van der Waals surface area (Å²) in [5, 5.41) is 2.92. The zero-order valence-electron chi connectivity index (χ0n) is 53.8. The smallest absolute Gasteiger partial charge is 0.330 e. The topological polar surface area (TPSA) is 237 Å². The van der Waals surface area contributed by atoms with E-state index < -0.39 is 96.3 Å². The molecule has 1 saturated carbocycles. The first-order valence-corrected chi connectivity index (χ1v) is 31.2. The highest BCUT2D eigenvalue weighted by Crippen LogP contribution is 2.36.